The molecule has 0 aliphatic carbocycles. The van der Waals surface area contributed by atoms with Gasteiger partial charge in [0.2, 0.25) is 5.91 Å². The number of esters is 1. The van der Waals surface area contributed by atoms with Crippen LogP contribution in [0.3, 0.4) is 0 Å². The standard InChI is InChI=1S/C11H21NO3/c1-4-6-7-9(5-2)11(14)12-8-10(13)15-3/h9H,4-8H2,1-3H3,(H,12,14). The summed E-state index contributed by atoms with van der Waals surface area (Å²) in [5.74, 6) is -0.431. The van der Waals surface area contributed by atoms with Crippen LogP contribution in [-0.2, 0) is 14.3 Å². The van der Waals surface area contributed by atoms with E-state index < -0.39 is 5.97 Å². The minimum Gasteiger partial charge on any atom is -0.468 e. The first-order valence-corrected chi connectivity index (χ1v) is 5.50. The van der Waals surface area contributed by atoms with Gasteiger partial charge in [-0.25, -0.2) is 0 Å². The largest absolute Gasteiger partial charge is 0.468 e. The highest BCUT2D eigenvalue weighted by Gasteiger charge is 2.16. The molecule has 0 spiro atoms. The van der Waals surface area contributed by atoms with Crippen LogP contribution in [0.2, 0.25) is 0 Å². The molecule has 15 heavy (non-hydrogen) atoms. The maximum atomic E-state index is 11.6. The van der Waals surface area contributed by atoms with Crippen LogP contribution in [0.15, 0.2) is 0 Å². The monoisotopic (exact) mass is 215 g/mol. The lowest BCUT2D eigenvalue weighted by Gasteiger charge is -2.13. The number of nitrogens with one attached hydrogen (secondary N) is 1. The van der Waals surface area contributed by atoms with E-state index in [1.54, 1.807) is 0 Å². The summed E-state index contributed by atoms with van der Waals surface area (Å²) in [6.07, 6.45) is 3.83. The van der Waals surface area contributed by atoms with Gasteiger partial charge in [0.15, 0.2) is 0 Å². The predicted octanol–water partition coefficient (Wildman–Crippen LogP) is 1.49. The summed E-state index contributed by atoms with van der Waals surface area (Å²) in [4.78, 5) is 22.4. The number of carbonyl (C=O) groups excluding carboxylic acids is 2. The van der Waals surface area contributed by atoms with Crippen molar-refractivity contribution in [1.29, 1.82) is 0 Å². The maximum absolute atomic E-state index is 11.6. The van der Waals surface area contributed by atoms with Gasteiger partial charge in [0.05, 0.1) is 7.11 Å². The normalized spacial score (nSPS) is 11.9. The van der Waals surface area contributed by atoms with Crippen molar-refractivity contribution in [2.24, 2.45) is 5.92 Å². The second-order valence-corrected chi connectivity index (χ2v) is 3.54. The van der Waals surface area contributed by atoms with Crippen molar-refractivity contribution in [2.75, 3.05) is 13.7 Å². The van der Waals surface area contributed by atoms with E-state index in [0.717, 1.165) is 25.7 Å². The van der Waals surface area contributed by atoms with Crippen LogP contribution in [0.5, 0.6) is 0 Å². The van der Waals surface area contributed by atoms with Crippen LogP contribution < -0.4 is 5.32 Å². The third-order valence-electron chi connectivity index (χ3n) is 2.40. The Kier molecular flexibility index (Phi) is 7.68. The third kappa shape index (κ3) is 6.10. The molecular weight excluding hydrogens is 194 g/mol. The van der Waals surface area contributed by atoms with E-state index in [9.17, 15) is 9.59 Å². The van der Waals surface area contributed by atoms with Gasteiger partial charge in [-0.1, -0.05) is 26.7 Å². The molecule has 1 amide bonds. The van der Waals surface area contributed by atoms with Gasteiger partial charge < -0.3 is 10.1 Å². The van der Waals surface area contributed by atoms with Crippen molar-refractivity contribution in [2.45, 2.75) is 39.5 Å². The van der Waals surface area contributed by atoms with Crippen molar-refractivity contribution < 1.29 is 14.3 Å². The molecule has 88 valence electrons. The van der Waals surface area contributed by atoms with Gasteiger partial charge in [0.25, 0.3) is 0 Å². The summed E-state index contributed by atoms with van der Waals surface area (Å²) in [5.41, 5.74) is 0. The lowest BCUT2D eigenvalue weighted by atomic mass is 9.98. The summed E-state index contributed by atoms with van der Waals surface area (Å²) in [6.45, 7) is 4.05. The van der Waals surface area contributed by atoms with Crippen LogP contribution in [0, 0.1) is 5.92 Å². The van der Waals surface area contributed by atoms with Crippen LogP contribution in [0.4, 0.5) is 0 Å². The number of hydrogen-bond donors (Lipinski definition) is 1. The molecule has 0 saturated heterocycles. The summed E-state index contributed by atoms with van der Waals surface area (Å²) in [6, 6.07) is 0. The number of unbranched alkanes of at least 4 members (excludes halogenated alkanes) is 1. The molecule has 4 heteroatoms. The Morgan fingerprint density at radius 3 is 2.47 bits per heavy atom. The molecule has 0 bridgehead atoms. The van der Waals surface area contributed by atoms with Crippen LogP contribution >= 0.6 is 0 Å². The molecule has 0 aromatic heterocycles. The molecule has 0 aromatic rings. The summed E-state index contributed by atoms with van der Waals surface area (Å²) in [7, 11) is 1.31. The lowest BCUT2D eigenvalue weighted by Crippen LogP contribution is -2.34. The van der Waals surface area contributed by atoms with E-state index in [4.69, 9.17) is 0 Å². The van der Waals surface area contributed by atoms with Gasteiger partial charge in [-0.05, 0) is 12.8 Å². The van der Waals surface area contributed by atoms with Crippen molar-refractivity contribution in [1.82, 2.24) is 5.32 Å². The second kappa shape index (κ2) is 8.26. The zero-order valence-electron chi connectivity index (χ0n) is 9.84. The highest BCUT2D eigenvalue weighted by molar-refractivity contribution is 5.83. The molecule has 0 saturated carbocycles. The molecule has 1 N–H and O–H groups in total. The highest BCUT2D eigenvalue weighted by atomic mass is 16.5. The molecule has 0 rings (SSSR count). The minimum atomic E-state index is -0.409. The maximum Gasteiger partial charge on any atom is 0.325 e. The Hall–Kier alpha value is -1.06. The fourth-order valence-corrected chi connectivity index (χ4v) is 1.35. The zero-order valence-corrected chi connectivity index (χ0v) is 9.84. The van der Waals surface area contributed by atoms with E-state index >= 15 is 0 Å². The van der Waals surface area contributed by atoms with Crippen LogP contribution in [-0.4, -0.2) is 25.5 Å². The third-order valence-corrected chi connectivity index (χ3v) is 2.40. The minimum absolute atomic E-state index is 0.0228. The van der Waals surface area contributed by atoms with E-state index in [1.807, 2.05) is 6.92 Å². The van der Waals surface area contributed by atoms with Gasteiger partial charge in [0.1, 0.15) is 6.54 Å². The fraction of sp³-hybridized carbons (Fsp3) is 0.818. The lowest BCUT2D eigenvalue weighted by molar-refractivity contribution is -0.141. The second-order valence-electron chi connectivity index (χ2n) is 3.54. The highest BCUT2D eigenvalue weighted by Crippen LogP contribution is 2.12. The van der Waals surface area contributed by atoms with Crippen molar-refractivity contribution >= 4 is 11.9 Å². The molecule has 0 heterocycles. The molecule has 0 aliphatic heterocycles. The van der Waals surface area contributed by atoms with Gasteiger partial charge in [-0.15, -0.1) is 0 Å². The van der Waals surface area contributed by atoms with E-state index in [1.165, 1.54) is 7.11 Å². The first-order valence-electron chi connectivity index (χ1n) is 5.50. The zero-order chi connectivity index (χ0) is 11.7. The summed E-state index contributed by atoms with van der Waals surface area (Å²) >= 11 is 0. The number of carbonyl (C=O) groups is 2. The summed E-state index contributed by atoms with van der Waals surface area (Å²) < 4.78 is 4.44. The SMILES string of the molecule is CCCCC(CC)C(=O)NCC(=O)OC. The smallest absolute Gasteiger partial charge is 0.325 e. The number of methoxy groups -OCH3 is 1. The Bertz CT molecular complexity index is 204. The first kappa shape index (κ1) is 13.9. The van der Waals surface area contributed by atoms with Gasteiger partial charge >= 0.3 is 5.97 Å². The van der Waals surface area contributed by atoms with E-state index in [2.05, 4.69) is 17.0 Å². The molecule has 1 unspecified atom stereocenters. The Balaban J connectivity index is 3.87. The Morgan fingerprint density at radius 1 is 1.33 bits per heavy atom. The quantitative estimate of drug-likeness (QED) is 0.655. The number of amides is 1. The fourth-order valence-electron chi connectivity index (χ4n) is 1.35. The van der Waals surface area contributed by atoms with Crippen molar-refractivity contribution in [3.63, 3.8) is 0 Å². The van der Waals surface area contributed by atoms with Gasteiger partial charge in [-0.3, -0.25) is 9.59 Å². The number of hydrogen-bond acceptors (Lipinski definition) is 3. The van der Waals surface area contributed by atoms with Gasteiger partial charge in [-0.2, -0.15) is 0 Å². The molecule has 0 fully saturated rings. The molecule has 1 atom stereocenters. The molecular formula is C11H21NO3. The van der Waals surface area contributed by atoms with Crippen molar-refractivity contribution in [3.05, 3.63) is 0 Å². The summed E-state index contributed by atoms with van der Waals surface area (Å²) in [5, 5.41) is 2.58. The molecule has 4 nitrogen and oxygen atoms in total. The molecule has 0 aliphatic rings. The van der Waals surface area contributed by atoms with E-state index in [-0.39, 0.29) is 18.4 Å². The average Bonchev–Trinajstić information content (AvgIpc) is 2.26. The topological polar surface area (TPSA) is 55.4 Å². The average molecular weight is 215 g/mol. The Labute approximate surface area is 91.4 Å². The van der Waals surface area contributed by atoms with E-state index in [0.29, 0.717) is 0 Å². The predicted molar refractivity (Wildman–Crippen MR) is 58.3 cm³/mol. The number of rotatable bonds is 7. The first-order chi connectivity index (χ1) is 7.15. The Morgan fingerprint density at radius 2 is 2.00 bits per heavy atom. The van der Waals surface area contributed by atoms with Gasteiger partial charge in [0, 0.05) is 5.92 Å². The van der Waals surface area contributed by atoms with Crippen LogP contribution in [0.1, 0.15) is 39.5 Å². The van der Waals surface area contributed by atoms with Crippen molar-refractivity contribution in [3.8, 4) is 0 Å². The number of ether oxygens (including phenoxy) is 1. The molecule has 0 radical (unpaired) electrons. The van der Waals surface area contributed by atoms with Crippen LogP contribution in [0.25, 0.3) is 0 Å². The molecule has 0 aromatic carbocycles.